The standard InChI is InChI=1S/C11H17ClN2OS/c1-7(13)5-6-14-11(15)8(2)9-3-4-10(12)16-9/h3-4,7-8H,5-6,13H2,1-2H3,(H,14,15). The molecule has 0 radical (unpaired) electrons. The molecule has 2 unspecified atom stereocenters. The van der Waals surface area contributed by atoms with Crippen molar-refractivity contribution in [3.63, 3.8) is 0 Å². The Morgan fingerprint density at radius 2 is 2.25 bits per heavy atom. The van der Waals surface area contributed by atoms with E-state index < -0.39 is 0 Å². The zero-order valence-corrected chi connectivity index (χ0v) is 11.1. The van der Waals surface area contributed by atoms with Crippen molar-refractivity contribution in [3.8, 4) is 0 Å². The molecule has 1 aromatic heterocycles. The maximum absolute atomic E-state index is 11.7. The van der Waals surface area contributed by atoms with Gasteiger partial charge in [0.2, 0.25) is 5.91 Å². The van der Waals surface area contributed by atoms with Crippen LogP contribution in [0.1, 0.15) is 31.1 Å². The van der Waals surface area contributed by atoms with Crippen LogP contribution in [0.4, 0.5) is 0 Å². The van der Waals surface area contributed by atoms with E-state index in [2.05, 4.69) is 5.32 Å². The van der Waals surface area contributed by atoms with E-state index in [9.17, 15) is 4.79 Å². The molecule has 5 heteroatoms. The van der Waals surface area contributed by atoms with Crippen LogP contribution in [0.2, 0.25) is 4.34 Å². The molecule has 1 rings (SSSR count). The molecule has 0 aliphatic rings. The highest BCUT2D eigenvalue weighted by atomic mass is 35.5. The van der Waals surface area contributed by atoms with Gasteiger partial charge in [-0.25, -0.2) is 0 Å². The Morgan fingerprint density at radius 3 is 2.75 bits per heavy atom. The minimum absolute atomic E-state index is 0.0270. The molecule has 3 N–H and O–H groups in total. The first-order valence-corrected chi connectivity index (χ1v) is 6.48. The molecule has 1 heterocycles. The van der Waals surface area contributed by atoms with E-state index >= 15 is 0 Å². The maximum atomic E-state index is 11.7. The fourth-order valence-electron chi connectivity index (χ4n) is 1.27. The Morgan fingerprint density at radius 1 is 1.56 bits per heavy atom. The van der Waals surface area contributed by atoms with Gasteiger partial charge in [0.25, 0.3) is 0 Å². The summed E-state index contributed by atoms with van der Waals surface area (Å²) in [7, 11) is 0. The van der Waals surface area contributed by atoms with Crippen molar-refractivity contribution in [3.05, 3.63) is 21.3 Å². The molecule has 16 heavy (non-hydrogen) atoms. The normalized spacial score (nSPS) is 14.5. The first-order chi connectivity index (χ1) is 7.50. The summed E-state index contributed by atoms with van der Waals surface area (Å²) in [6, 6.07) is 3.82. The average molecular weight is 261 g/mol. The number of halogens is 1. The number of hydrogen-bond acceptors (Lipinski definition) is 3. The summed E-state index contributed by atoms with van der Waals surface area (Å²) in [5.41, 5.74) is 5.60. The Hall–Kier alpha value is -0.580. The van der Waals surface area contributed by atoms with Crippen molar-refractivity contribution in [1.82, 2.24) is 5.32 Å². The summed E-state index contributed by atoms with van der Waals surface area (Å²) in [5, 5.41) is 2.87. The van der Waals surface area contributed by atoms with Crippen LogP contribution >= 0.6 is 22.9 Å². The van der Waals surface area contributed by atoms with Gasteiger partial charge in [0, 0.05) is 17.5 Å². The average Bonchev–Trinajstić information content (AvgIpc) is 2.63. The Bertz CT molecular complexity index is 352. The molecule has 0 spiro atoms. The topological polar surface area (TPSA) is 55.1 Å². The first-order valence-electron chi connectivity index (χ1n) is 5.29. The number of carbonyl (C=O) groups is 1. The largest absolute Gasteiger partial charge is 0.355 e. The number of thiophene rings is 1. The van der Waals surface area contributed by atoms with Gasteiger partial charge in [0.1, 0.15) is 0 Å². The van der Waals surface area contributed by atoms with Gasteiger partial charge in [0.15, 0.2) is 0 Å². The summed E-state index contributed by atoms with van der Waals surface area (Å²) in [6.07, 6.45) is 0.795. The van der Waals surface area contributed by atoms with Gasteiger partial charge in [-0.05, 0) is 32.4 Å². The van der Waals surface area contributed by atoms with E-state index in [1.54, 1.807) is 0 Å². The zero-order valence-electron chi connectivity index (χ0n) is 9.50. The van der Waals surface area contributed by atoms with E-state index in [-0.39, 0.29) is 17.9 Å². The fraction of sp³-hybridized carbons (Fsp3) is 0.545. The highest BCUT2D eigenvalue weighted by Crippen LogP contribution is 2.27. The van der Waals surface area contributed by atoms with Crippen LogP contribution < -0.4 is 11.1 Å². The third kappa shape index (κ3) is 4.12. The molecule has 1 amide bonds. The molecule has 0 aliphatic heterocycles. The highest BCUT2D eigenvalue weighted by Gasteiger charge is 2.16. The molecule has 0 saturated heterocycles. The second-order valence-electron chi connectivity index (χ2n) is 3.92. The summed E-state index contributed by atoms with van der Waals surface area (Å²) >= 11 is 7.27. The smallest absolute Gasteiger partial charge is 0.228 e. The van der Waals surface area contributed by atoms with Crippen LogP contribution in [-0.2, 0) is 4.79 Å². The fourth-order valence-corrected chi connectivity index (χ4v) is 2.38. The molecule has 0 fully saturated rings. The van der Waals surface area contributed by atoms with Crippen LogP contribution in [0.3, 0.4) is 0 Å². The van der Waals surface area contributed by atoms with Gasteiger partial charge in [-0.2, -0.15) is 0 Å². The lowest BCUT2D eigenvalue weighted by Crippen LogP contribution is -2.31. The van der Waals surface area contributed by atoms with Gasteiger partial charge in [-0.3, -0.25) is 4.79 Å². The minimum Gasteiger partial charge on any atom is -0.355 e. The minimum atomic E-state index is -0.148. The van der Waals surface area contributed by atoms with Gasteiger partial charge in [-0.1, -0.05) is 11.6 Å². The molecule has 2 atom stereocenters. The Balaban J connectivity index is 2.42. The van der Waals surface area contributed by atoms with Crippen LogP contribution in [0.25, 0.3) is 0 Å². The van der Waals surface area contributed by atoms with Crippen LogP contribution in [0.5, 0.6) is 0 Å². The number of amides is 1. The van der Waals surface area contributed by atoms with Gasteiger partial charge in [0.05, 0.1) is 10.3 Å². The maximum Gasteiger partial charge on any atom is 0.228 e. The molecular formula is C11H17ClN2OS. The number of nitrogens with two attached hydrogens (primary N) is 1. The molecule has 3 nitrogen and oxygen atoms in total. The summed E-state index contributed by atoms with van der Waals surface area (Å²) in [5.74, 6) is -0.121. The Kier molecular flexibility index (Phi) is 5.25. The van der Waals surface area contributed by atoms with E-state index in [4.69, 9.17) is 17.3 Å². The van der Waals surface area contributed by atoms with E-state index in [1.165, 1.54) is 11.3 Å². The van der Waals surface area contributed by atoms with E-state index in [1.807, 2.05) is 26.0 Å². The Labute approximate surface area is 105 Å². The van der Waals surface area contributed by atoms with Crippen LogP contribution in [0.15, 0.2) is 12.1 Å². The van der Waals surface area contributed by atoms with Crippen molar-refractivity contribution in [2.75, 3.05) is 6.54 Å². The van der Waals surface area contributed by atoms with Gasteiger partial charge < -0.3 is 11.1 Å². The third-order valence-corrected chi connectivity index (χ3v) is 3.73. The van der Waals surface area contributed by atoms with Gasteiger partial charge >= 0.3 is 0 Å². The number of rotatable bonds is 5. The number of nitrogens with one attached hydrogen (secondary N) is 1. The quantitative estimate of drug-likeness (QED) is 0.854. The molecule has 0 bridgehead atoms. The van der Waals surface area contributed by atoms with Crippen molar-refractivity contribution < 1.29 is 4.79 Å². The van der Waals surface area contributed by atoms with Crippen LogP contribution in [0, 0.1) is 0 Å². The second kappa shape index (κ2) is 6.23. The number of carbonyl (C=O) groups excluding carboxylic acids is 1. The molecular weight excluding hydrogens is 244 g/mol. The SMILES string of the molecule is CC(N)CCNC(=O)C(C)c1ccc(Cl)s1. The van der Waals surface area contributed by atoms with Crippen LogP contribution in [-0.4, -0.2) is 18.5 Å². The molecule has 0 aliphatic carbocycles. The van der Waals surface area contributed by atoms with Crippen molar-refractivity contribution in [2.45, 2.75) is 32.2 Å². The third-order valence-electron chi connectivity index (χ3n) is 2.31. The first kappa shape index (κ1) is 13.5. The summed E-state index contributed by atoms with van der Waals surface area (Å²) < 4.78 is 0.713. The predicted molar refractivity (Wildman–Crippen MR) is 69.0 cm³/mol. The molecule has 0 saturated carbocycles. The number of hydrogen-bond donors (Lipinski definition) is 2. The zero-order chi connectivity index (χ0) is 12.1. The molecule has 1 aromatic rings. The predicted octanol–water partition coefficient (Wildman–Crippen LogP) is 2.36. The van der Waals surface area contributed by atoms with Crippen molar-refractivity contribution in [2.24, 2.45) is 5.73 Å². The summed E-state index contributed by atoms with van der Waals surface area (Å²) in [4.78, 5) is 12.7. The van der Waals surface area contributed by atoms with E-state index in [0.717, 1.165) is 11.3 Å². The molecule has 90 valence electrons. The van der Waals surface area contributed by atoms with E-state index in [0.29, 0.717) is 10.9 Å². The highest BCUT2D eigenvalue weighted by molar-refractivity contribution is 7.16. The van der Waals surface area contributed by atoms with Gasteiger partial charge in [-0.15, -0.1) is 11.3 Å². The lowest BCUT2D eigenvalue weighted by Gasteiger charge is -2.11. The lowest BCUT2D eigenvalue weighted by atomic mass is 10.1. The second-order valence-corrected chi connectivity index (χ2v) is 5.67. The van der Waals surface area contributed by atoms with Crippen molar-refractivity contribution >= 4 is 28.8 Å². The monoisotopic (exact) mass is 260 g/mol. The molecule has 0 aromatic carbocycles. The van der Waals surface area contributed by atoms with Crippen molar-refractivity contribution in [1.29, 1.82) is 0 Å². The summed E-state index contributed by atoms with van der Waals surface area (Å²) in [6.45, 7) is 4.43. The lowest BCUT2D eigenvalue weighted by molar-refractivity contribution is -0.122.